The minimum atomic E-state index is -3.61. The van der Waals surface area contributed by atoms with E-state index in [4.69, 9.17) is 16.3 Å². The smallest absolute Gasteiger partial charge is 0.243 e. The van der Waals surface area contributed by atoms with Crippen molar-refractivity contribution in [2.45, 2.75) is 23.5 Å². The van der Waals surface area contributed by atoms with Gasteiger partial charge in [-0.05, 0) is 25.6 Å². The highest BCUT2D eigenvalue weighted by molar-refractivity contribution is 7.89. The second-order valence-corrected chi connectivity index (χ2v) is 10.2. The van der Waals surface area contributed by atoms with Gasteiger partial charge in [-0.25, -0.2) is 18.4 Å². The van der Waals surface area contributed by atoms with Crippen LogP contribution in [0.4, 0.5) is 5.95 Å². The molecule has 2 aromatic rings. The van der Waals surface area contributed by atoms with Gasteiger partial charge >= 0.3 is 0 Å². The lowest BCUT2D eigenvalue weighted by Crippen LogP contribution is -2.47. The first-order valence-electron chi connectivity index (χ1n) is 10.2. The highest BCUT2D eigenvalue weighted by Crippen LogP contribution is 2.29. The van der Waals surface area contributed by atoms with Crippen LogP contribution in [0.2, 0.25) is 5.02 Å². The van der Waals surface area contributed by atoms with E-state index in [1.54, 1.807) is 24.3 Å². The van der Waals surface area contributed by atoms with E-state index in [-0.39, 0.29) is 17.5 Å². The average Bonchev–Trinajstić information content (AvgIpc) is 2.77. The number of anilines is 1. The van der Waals surface area contributed by atoms with Gasteiger partial charge in [0.25, 0.3) is 0 Å². The largest absolute Gasteiger partial charge is 0.389 e. The van der Waals surface area contributed by atoms with Crippen LogP contribution in [0.1, 0.15) is 6.42 Å². The van der Waals surface area contributed by atoms with Crippen molar-refractivity contribution in [1.82, 2.24) is 19.2 Å². The van der Waals surface area contributed by atoms with Gasteiger partial charge in [0.15, 0.2) is 0 Å². The fraction of sp³-hybridized carbons (Fsp3) is 0.500. The number of nitrogens with zero attached hydrogens (tertiary/aromatic N) is 4. The fourth-order valence-corrected chi connectivity index (χ4v) is 5.35. The van der Waals surface area contributed by atoms with Gasteiger partial charge in [-0.3, -0.25) is 0 Å². The Hall–Kier alpha value is -1.82. The summed E-state index contributed by atoms with van der Waals surface area (Å²) in [6, 6.07) is 6.40. The lowest BCUT2D eigenvalue weighted by Gasteiger charge is -2.31. The molecule has 9 nitrogen and oxygen atoms in total. The lowest BCUT2D eigenvalue weighted by atomic mass is 10.1. The van der Waals surface area contributed by atoms with E-state index in [0.717, 1.165) is 0 Å². The third-order valence-corrected chi connectivity index (χ3v) is 7.76. The second-order valence-electron chi connectivity index (χ2n) is 7.81. The number of rotatable bonds is 5. The molecule has 0 aliphatic carbocycles. The highest BCUT2D eigenvalue weighted by Gasteiger charge is 2.28. The molecule has 0 saturated carbocycles. The first kappa shape index (κ1) is 22.4. The zero-order valence-electron chi connectivity index (χ0n) is 17.2. The van der Waals surface area contributed by atoms with Crippen LogP contribution >= 0.6 is 11.6 Å². The molecule has 0 unspecified atom stereocenters. The number of hydrogen-bond acceptors (Lipinski definition) is 8. The van der Waals surface area contributed by atoms with Gasteiger partial charge in [0.2, 0.25) is 16.0 Å². The van der Waals surface area contributed by atoms with Crippen LogP contribution in [-0.4, -0.2) is 91.3 Å². The van der Waals surface area contributed by atoms with Crippen LogP contribution in [0, 0.1) is 0 Å². The topological polar surface area (TPSA) is 108 Å². The Morgan fingerprint density at radius 3 is 2.77 bits per heavy atom. The van der Waals surface area contributed by atoms with Gasteiger partial charge in [0.1, 0.15) is 0 Å². The quantitative estimate of drug-likeness (QED) is 0.677. The van der Waals surface area contributed by atoms with Crippen molar-refractivity contribution in [1.29, 1.82) is 0 Å². The Labute approximate surface area is 187 Å². The SMILES string of the molecule is CN1CCN(S(=O)(=O)c2cccc(-c3nc(N[C@@H]4CCOC[C@H]4O)ncc3Cl)c2)CC1. The first-order chi connectivity index (χ1) is 14.8. The fourth-order valence-electron chi connectivity index (χ4n) is 3.68. The van der Waals surface area contributed by atoms with E-state index in [2.05, 4.69) is 20.2 Å². The summed E-state index contributed by atoms with van der Waals surface area (Å²) in [6.07, 6.45) is 1.44. The standard InChI is InChI=1S/C20H26ClN5O4S/c1-25-6-8-26(9-7-25)31(28,29)15-4-2-3-14(11-15)19-16(21)12-22-20(24-19)23-17-5-10-30-13-18(17)27/h2-4,11-12,17-18,27H,5-10,13H2,1H3,(H,22,23,24)/t17-,18-/m1/s1. The maximum Gasteiger partial charge on any atom is 0.243 e. The Kier molecular flexibility index (Phi) is 6.75. The average molecular weight is 468 g/mol. The second kappa shape index (κ2) is 9.35. The predicted molar refractivity (Wildman–Crippen MR) is 118 cm³/mol. The maximum atomic E-state index is 13.1. The molecule has 1 aromatic heterocycles. The van der Waals surface area contributed by atoms with E-state index in [1.165, 1.54) is 10.5 Å². The van der Waals surface area contributed by atoms with Crippen LogP contribution in [0.3, 0.4) is 0 Å². The van der Waals surface area contributed by atoms with Crippen LogP contribution in [0.15, 0.2) is 35.4 Å². The van der Waals surface area contributed by atoms with Crippen LogP contribution in [0.5, 0.6) is 0 Å². The summed E-state index contributed by atoms with van der Waals surface area (Å²) >= 11 is 6.35. The molecule has 31 heavy (non-hydrogen) atoms. The summed E-state index contributed by atoms with van der Waals surface area (Å²) in [5, 5.41) is 13.5. The molecule has 2 aliphatic heterocycles. The van der Waals surface area contributed by atoms with E-state index in [9.17, 15) is 13.5 Å². The molecular weight excluding hydrogens is 442 g/mol. The minimum absolute atomic E-state index is 0.207. The third-order valence-electron chi connectivity index (χ3n) is 5.59. The van der Waals surface area contributed by atoms with E-state index >= 15 is 0 Å². The number of aliphatic hydroxyl groups excluding tert-OH is 1. The van der Waals surface area contributed by atoms with Gasteiger partial charge in [0.05, 0.1) is 40.6 Å². The number of benzene rings is 1. The number of sulfonamides is 1. The van der Waals surface area contributed by atoms with E-state index in [0.29, 0.717) is 61.4 Å². The number of halogens is 1. The normalized spacial score (nSPS) is 23.6. The third kappa shape index (κ3) is 5.00. The molecule has 0 spiro atoms. The van der Waals surface area contributed by atoms with Crippen molar-refractivity contribution in [3.63, 3.8) is 0 Å². The molecule has 2 atom stereocenters. The Bertz CT molecular complexity index is 1030. The maximum absolute atomic E-state index is 13.1. The van der Waals surface area contributed by atoms with Crippen LogP contribution in [-0.2, 0) is 14.8 Å². The molecule has 1 aromatic carbocycles. The monoisotopic (exact) mass is 467 g/mol. The molecule has 11 heteroatoms. The Morgan fingerprint density at radius 2 is 2.03 bits per heavy atom. The molecular formula is C20H26ClN5O4S. The molecule has 0 amide bonds. The summed E-state index contributed by atoms with van der Waals surface area (Å²) in [5.74, 6) is 0.317. The van der Waals surface area contributed by atoms with Crippen molar-refractivity contribution in [2.24, 2.45) is 0 Å². The Morgan fingerprint density at radius 1 is 1.26 bits per heavy atom. The van der Waals surface area contributed by atoms with Crippen LogP contribution in [0.25, 0.3) is 11.3 Å². The molecule has 2 fully saturated rings. The number of nitrogens with one attached hydrogen (secondary N) is 1. The summed E-state index contributed by atoms with van der Waals surface area (Å²) in [5.41, 5.74) is 1.01. The Balaban J connectivity index is 1.60. The molecule has 0 bridgehead atoms. The van der Waals surface area contributed by atoms with Gasteiger partial charge in [-0.1, -0.05) is 23.7 Å². The van der Waals surface area contributed by atoms with Crippen molar-refractivity contribution >= 4 is 27.6 Å². The van der Waals surface area contributed by atoms with Crippen molar-refractivity contribution in [3.8, 4) is 11.3 Å². The first-order valence-corrected chi connectivity index (χ1v) is 12.0. The lowest BCUT2D eigenvalue weighted by molar-refractivity contribution is -0.0136. The van der Waals surface area contributed by atoms with E-state index in [1.807, 2.05) is 7.05 Å². The molecule has 4 rings (SSSR count). The zero-order valence-corrected chi connectivity index (χ0v) is 18.8. The summed E-state index contributed by atoms with van der Waals surface area (Å²) in [6.45, 7) is 3.11. The van der Waals surface area contributed by atoms with Gasteiger partial charge < -0.3 is 20.1 Å². The zero-order chi connectivity index (χ0) is 22.0. The minimum Gasteiger partial charge on any atom is -0.389 e. The highest BCUT2D eigenvalue weighted by atomic mass is 35.5. The molecule has 0 radical (unpaired) electrons. The van der Waals surface area contributed by atoms with Gasteiger partial charge in [-0.15, -0.1) is 0 Å². The molecule has 168 valence electrons. The van der Waals surface area contributed by atoms with Crippen molar-refractivity contribution < 1.29 is 18.3 Å². The van der Waals surface area contributed by atoms with Crippen molar-refractivity contribution in [2.75, 3.05) is 51.8 Å². The number of aliphatic hydroxyl groups is 1. The van der Waals surface area contributed by atoms with Crippen LogP contribution < -0.4 is 5.32 Å². The predicted octanol–water partition coefficient (Wildman–Crippen LogP) is 1.29. The summed E-state index contributed by atoms with van der Waals surface area (Å²) in [4.78, 5) is 11.0. The molecule has 2 saturated heterocycles. The number of ether oxygens (including phenoxy) is 1. The number of aromatic nitrogens is 2. The van der Waals surface area contributed by atoms with Gasteiger partial charge in [-0.2, -0.15) is 4.31 Å². The summed E-state index contributed by atoms with van der Waals surface area (Å²) in [7, 11) is -1.63. The number of likely N-dealkylation sites (N-methyl/N-ethyl adjacent to an activating group) is 1. The van der Waals surface area contributed by atoms with Crippen molar-refractivity contribution in [3.05, 3.63) is 35.5 Å². The summed E-state index contributed by atoms with van der Waals surface area (Å²) < 4.78 is 33.0. The molecule has 2 aliphatic rings. The molecule has 3 heterocycles. The van der Waals surface area contributed by atoms with E-state index < -0.39 is 16.1 Å². The number of hydrogen-bond donors (Lipinski definition) is 2. The molecule has 2 N–H and O–H groups in total. The van der Waals surface area contributed by atoms with Gasteiger partial charge in [0, 0.05) is 38.3 Å². The number of piperazine rings is 1.